The monoisotopic (exact) mass is 759 g/mol. The summed E-state index contributed by atoms with van der Waals surface area (Å²) in [6.07, 6.45) is 1.60. The number of halogens is 1. The molecule has 3 unspecified atom stereocenters. The second-order valence-corrected chi connectivity index (χ2v) is 18.4. The molecular weight excluding hydrogens is 714 g/mol. The van der Waals surface area contributed by atoms with Gasteiger partial charge in [-0.25, -0.2) is 13.2 Å². The summed E-state index contributed by atoms with van der Waals surface area (Å²) >= 11 is 3.36. The molecule has 8 rings (SSSR count). The number of aliphatic hydroxyl groups excluding tert-OH is 1. The first-order valence-electron chi connectivity index (χ1n) is 17.5. The Bertz CT molecular complexity index is 1760. The lowest BCUT2D eigenvalue weighted by Gasteiger charge is -2.71. The van der Waals surface area contributed by atoms with Crippen LogP contribution < -0.4 is 0 Å². The van der Waals surface area contributed by atoms with Crippen LogP contribution in [0.4, 0.5) is 0 Å². The molecule has 6 fully saturated rings. The van der Waals surface area contributed by atoms with Crippen molar-refractivity contribution in [2.24, 2.45) is 35.0 Å². The van der Waals surface area contributed by atoms with Gasteiger partial charge in [-0.2, -0.15) is 0 Å². The first-order valence-corrected chi connectivity index (χ1v) is 20.0. The van der Waals surface area contributed by atoms with Gasteiger partial charge in [0.05, 0.1) is 28.4 Å². The van der Waals surface area contributed by atoms with Crippen molar-refractivity contribution in [3.05, 3.63) is 64.1 Å². The molecule has 10 nitrogen and oxygen atoms in total. The minimum atomic E-state index is -3.77. The Morgan fingerprint density at radius 3 is 2.45 bits per heavy atom. The van der Waals surface area contributed by atoms with E-state index in [1.54, 1.807) is 62.8 Å². The molecule has 0 amide bonds. The number of hydrogen-bond acceptors (Lipinski definition) is 10. The number of hydrogen-bond donors (Lipinski definition) is 3. The normalized spacial score (nSPS) is 43.4. The van der Waals surface area contributed by atoms with Crippen molar-refractivity contribution < 1.29 is 42.7 Å². The summed E-state index contributed by atoms with van der Waals surface area (Å²) < 4.78 is 46.5. The van der Waals surface area contributed by atoms with Crippen LogP contribution in [0.3, 0.4) is 0 Å². The van der Waals surface area contributed by atoms with Crippen LogP contribution in [0, 0.1) is 35.0 Å². The van der Waals surface area contributed by atoms with Gasteiger partial charge < -0.3 is 29.5 Å². The summed E-state index contributed by atoms with van der Waals surface area (Å²) in [5.74, 6) is -2.24. The van der Waals surface area contributed by atoms with Crippen molar-refractivity contribution in [1.82, 2.24) is 4.90 Å². The van der Waals surface area contributed by atoms with Gasteiger partial charge >= 0.3 is 5.97 Å². The van der Waals surface area contributed by atoms with Gasteiger partial charge in [-0.15, -0.1) is 0 Å². The minimum Gasteiger partial charge on any atom is -0.454 e. The van der Waals surface area contributed by atoms with E-state index in [0.29, 0.717) is 50.8 Å². The number of esters is 1. The van der Waals surface area contributed by atoms with Gasteiger partial charge in [-0.05, 0) is 74.0 Å². The predicted octanol–water partition coefficient (Wildman–Crippen LogP) is 3.59. The molecule has 2 aromatic carbocycles. The SMILES string of the molecule is CCN1C[C@]2(OC(=O)c3ccccc3CS(=O)(=O)c3ccc(Br)cc3)CC[C@H](CO)[C@]34C1[C@H](CC23)[C@@]1(O)C[C@H](OC)[C@H]2CC4[C@]1(O)[C@H]2OC. The third-order valence-corrected chi connectivity index (χ3v) is 16.3. The van der Waals surface area contributed by atoms with E-state index in [9.17, 15) is 28.5 Å². The van der Waals surface area contributed by atoms with Crippen molar-refractivity contribution in [1.29, 1.82) is 0 Å². The number of ether oxygens (including phenoxy) is 3. The number of fused-ring (bicyclic) bond motifs is 2. The van der Waals surface area contributed by atoms with Gasteiger partial charge in [-0.1, -0.05) is 41.1 Å². The third kappa shape index (κ3) is 4.32. The molecule has 12 heteroatoms. The number of likely N-dealkylation sites (tertiary alicyclic amines) is 1. The van der Waals surface area contributed by atoms with Gasteiger partial charge in [-0.3, -0.25) is 4.90 Å². The fourth-order valence-corrected chi connectivity index (χ4v) is 14.2. The topological polar surface area (TPSA) is 143 Å². The summed E-state index contributed by atoms with van der Waals surface area (Å²) in [7, 11) is -0.519. The minimum absolute atomic E-state index is 0.0704. The number of piperidine rings is 1. The maximum absolute atomic E-state index is 14.4. The molecule has 5 aliphatic carbocycles. The van der Waals surface area contributed by atoms with Crippen LogP contribution in [-0.2, 0) is 29.8 Å². The molecule has 2 aromatic rings. The second-order valence-electron chi connectivity index (χ2n) is 15.5. The zero-order valence-corrected chi connectivity index (χ0v) is 30.5. The molecule has 12 atom stereocenters. The third-order valence-electron chi connectivity index (χ3n) is 14.1. The molecule has 3 N–H and O–H groups in total. The van der Waals surface area contributed by atoms with Crippen LogP contribution in [0.5, 0.6) is 0 Å². The highest BCUT2D eigenvalue weighted by Gasteiger charge is 2.88. The second kappa shape index (κ2) is 11.6. The molecule has 1 aliphatic heterocycles. The van der Waals surface area contributed by atoms with Crippen molar-refractivity contribution in [2.75, 3.05) is 33.9 Å². The number of rotatable bonds is 9. The van der Waals surface area contributed by atoms with Crippen LogP contribution >= 0.6 is 15.9 Å². The molecule has 1 heterocycles. The van der Waals surface area contributed by atoms with Gasteiger partial charge in [0.25, 0.3) is 0 Å². The van der Waals surface area contributed by atoms with Gasteiger partial charge in [0.1, 0.15) is 16.8 Å². The summed E-state index contributed by atoms with van der Waals surface area (Å²) in [5.41, 5.74) is -4.09. The highest BCUT2D eigenvalue weighted by Crippen LogP contribution is 2.80. The van der Waals surface area contributed by atoms with Crippen molar-refractivity contribution in [3.63, 3.8) is 0 Å². The molecular formula is C37H46BrNO9S. The van der Waals surface area contributed by atoms with E-state index in [0.717, 1.165) is 4.47 Å². The average Bonchev–Trinajstić information content (AvgIpc) is 3.51. The van der Waals surface area contributed by atoms with Crippen LogP contribution in [0.15, 0.2) is 57.9 Å². The van der Waals surface area contributed by atoms with E-state index in [1.165, 1.54) is 0 Å². The van der Waals surface area contributed by atoms with E-state index in [1.807, 2.05) is 0 Å². The predicted molar refractivity (Wildman–Crippen MR) is 182 cm³/mol. The van der Waals surface area contributed by atoms with E-state index < -0.39 is 50.0 Å². The van der Waals surface area contributed by atoms with Crippen molar-refractivity contribution >= 4 is 31.7 Å². The number of sulfone groups is 1. The number of carbonyl (C=O) groups is 1. The molecule has 0 radical (unpaired) electrons. The molecule has 1 saturated heterocycles. The lowest BCUT2D eigenvalue weighted by Crippen LogP contribution is -2.82. The van der Waals surface area contributed by atoms with Crippen LogP contribution in [-0.4, -0.2) is 104 Å². The first-order chi connectivity index (χ1) is 23.4. The first kappa shape index (κ1) is 34.2. The summed E-state index contributed by atoms with van der Waals surface area (Å²) in [6.45, 7) is 3.11. The highest BCUT2D eigenvalue weighted by molar-refractivity contribution is 9.10. The lowest BCUT2D eigenvalue weighted by molar-refractivity contribution is -0.333. The Hall–Kier alpha value is -1.90. The number of aliphatic hydroxyl groups is 3. The lowest BCUT2D eigenvalue weighted by atomic mass is 9.42. The standard InChI is InChI=1S/C37H46BrNO9S/c1-4-39-20-34(48-33(41)25-8-6-5-7-21(25)19-49(44,45)24-11-9-23(38)10-12-24)14-13-22(18-40)36-29(34)16-27(31(36)39)35(42)17-28(46-2)26-15-30(36)37(35,43)32(26)47-3/h5-12,22,26-32,40,42-43H,4,13-20H2,1-3H3/t22-,26-,27+,28+,29?,30?,31?,32+,34-,35+,36+,37+/m1/s1. The van der Waals surface area contributed by atoms with E-state index in [-0.39, 0.29) is 58.6 Å². The number of benzene rings is 2. The van der Waals surface area contributed by atoms with Gasteiger partial charge in [0.2, 0.25) is 0 Å². The maximum atomic E-state index is 14.4. The van der Waals surface area contributed by atoms with E-state index in [2.05, 4.69) is 27.8 Å². The quantitative estimate of drug-likeness (QED) is 0.325. The molecule has 266 valence electrons. The molecule has 49 heavy (non-hydrogen) atoms. The smallest absolute Gasteiger partial charge is 0.339 e. The van der Waals surface area contributed by atoms with E-state index >= 15 is 0 Å². The fourth-order valence-electron chi connectivity index (χ4n) is 12.6. The number of methoxy groups -OCH3 is 2. The van der Waals surface area contributed by atoms with Crippen LogP contribution in [0.25, 0.3) is 0 Å². The zero-order chi connectivity index (χ0) is 34.7. The zero-order valence-electron chi connectivity index (χ0n) is 28.1. The Balaban J connectivity index is 1.21. The summed E-state index contributed by atoms with van der Waals surface area (Å²) in [5, 5.41) is 36.9. The summed E-state index contributed by atoms with van der Waals surface area (Å²) in [4.78, 5) is 16.9. The molecule has 7 bridgehead atoms. The van der Waals surface area contributed by atoms with Crippen molar-refractivity contribution in [3.8, 4) is 0 Å². The highest BCUT2D eigenvalue weighted by atomic mass is 79.9. The molecule has 5 saturated carbocycles. The Morgan fingerprint density at radius 2 is 1.78 bits per heavy atom. The average molecular weight is 761 g/mol. The van der Waals surface area contributed by atoms with Gasteiger partial charge in [0, 0.05) is 73.4 Å². The van der Waals surface area contributed by atoms with E-state index in [4.69, 9.17) is 14.2 Å². The number of likely N-dealkylation sites (N-methyl/N-ethyl adjacent to an activating group) is 1. The maximum Gasteiger partial charge on any atom is 0.339 e. The number of nitrogens with zero attached hydrogens (tertiary/aromatic N) is 1. The molecule has 0 aromatic heterocycles. The van der Waals surface area contributed by atoms with Crippen LogP contribution in [0.2, 0.25) is 0 Å². The molecule has 1 spiro atoms. The Kier molecular flexibility index (Phi) is 8.06. The van der Waals surface area contributed by atoms with Crippen LogP contribution in [0.1, 0.15) is 54.9 Å². The summed E-state index contributed by atoms with van der Waals surface area (Å²) in [6, 6.07) is 13.0. The Morgan fingerprint density at radius 1 is 1.04 bits per heavy atom. The Labute approximate surface area is 296 Å². The van der Waals surface area contributed by atoms with Gasteiger partial charge in [0.15, 0.2) is 9.84 Å². The fraction of sp³-hybridized carbons (Fsp3) is 0.649. The van der Waals surface area contributed by atoms with Crippen molar-refractivity contribution in [2.45, 2.75) is 84.7 Å². The number of carbonyl (C=O) groups excluding carboxylic acids is 1. The molecule has 6 aliphatic rings. The largest absolute Gasteiger partial charge is 0.454 e.